The Balaban J connectivity index is 2.40. The third-order valence-corrected chi connectivity index (χ3v) is 3.63. The fraction of sp³-hybridized carbons (Fsp3) is 0.571. The van der Waals surface area contributed by atoms with Gasteiger partial charge in [-0.2, -0.15) is 0 Å². The number of benzene rings is 1. The fourth-order valence-corrected chi connectivity index (χ4v) is 2.75. The predicted molar refractivity (Wildman–Crippen MR) is 62.8 cm³/mol. The van der Waals surface area contributed by atoms with Crippen LogP contribution in [0.25, 0.3) is 0 Å². The molecule has 2 atom stereocenters. The van der Waals surface area contributed by atoms with Crippen LogP contribution in [-0.4, -0.2) is 5.11 Å². The smallest absolute Gasteiger partial charge is 0.0901 e. The molecule has 82 valence electrons. The topological polar surface area (TPSA) is 20.2 Å². The van der Waals surface area contributed by atoms with Gasteiger partial charge in [0.1, 0.15) is 0 Å². The number of aryl methyl sites for hydroxylation is 2. The Morgan fingerprint density at radius 2 is 2.07 bits per heavy atom. The maximum Gasteiger partial charge on any atom is 0.0901 e. The van der Waals surface area contributed by atoms with E-state index >= 15 is 0 Å². The second-order valence-corrected chi connectivity index (χ2v) is 5.20. The number of aliphatic hydroxyl groups is 1. The van der Waals surface area contributed by atoms with E-state index in [0.29, 0.717) is 5.92 Å². The highest BCUT2D eigenvalue weighted by Crippen LogP contribution is 2.43. The van der Waals surface area contributed by atoms with Crippen LogP contribution in [-0.2, 0) is 5.60 Å². The lowest BCUT2D eigenvalue weighted by molar-refractivity contribution is 0.0401. The van der Waals surface area contributed by atoms with Gasteiger partial charge in [0, 0.05) is 0 Å². The summed E-state index contributed by atoms with van der Waals surface area (Å²) in [5.41, 5.74) is 3.04. The highest BCUT2D eigenvalue weighted by Gasteiger charge is 2.37. The van der Waals surface area contributed by atoms with E-state index in [-0.39, 0.29) is 0 Å². The summed E-state index contributed by atoms with van der Waals surface area (Å²) in [5.74, 6) is 0.648. The van der Waals surface area contributed by atoms with E-state index in [0.717, 1.165) is 24.8 Å². The van der Waals surface area contributed by atoms with E-state index in [4.69, 9.17) is 0 Å². The quantitative estimate of drug-likeness (QED) is 0.744. The molecule has 1 saturated carbocycles. The monoisotopic (exact) mass is 204 g/mol. The van der Waals surface area contributed by atoms with Crippen molar-refractivity contribution in [2.45, 2.75) is 45.6 Å². The van der Waals surface area contributed by atoms with Crippen molar-refractivity contribution in [1.82, 2.24) is 0 Å². The molecule has 1 aromatic carbocycles. The molecular formula is C14H20O. The van der Waals surface area contributed by atoms with E-state index in [1.165, 1.54) is 11.1 Å². The lowest BCUT2D eigenvalue weighted by Crippen LogP contribution is -2.23. The molecule has 0 aliphatic heterocycles. The van der Waals surface area contributed by atoms with Crippen molar-refractivity contribution in [3.63, 3.8) is 0 Å². The molecule has 1 N–H and O–H groups in total. The summed E-state index contributed by atoms with van der Waals surface area (Å²) in [6.45, 7) is 6.41. The first kappa shape index (κ1) is 10.7. The van der Waals surface area contributed by atoms with Gasteiger partial charge in [0.2, 0.25) is 0 Å². The summed E-state index contributed by atoms with van der Waals surface area (Å²) in [6, 6.07) is 6.37. The second-order valence-electron chi connectivity index (χ2n) is 5.20. The van der Waals surface area contributed by atoms with Crippen molar-refractivity contribution in [2.75, 3.05) is 0 Å². The van der Waals surface area contributed by atoms with Gasteiger partial charge in [-0.15, -0.1) is 0 Å². The highest BCUT2D eigenvalue weighted by molar-refractivity contribution is 5.35. The molecule has 0 radical (unpaired) electrons. The van der Waals surface area contributed by atoms with E-state index in [1.807, 2.05) is 0 Å². The van der Waals surface area contributed by atoms with Crippen LogP contribution in [0.5, 0.6) is 0 Å². The SMILES string of the molecule is Cc1ccc(C)c(C2(O)CCC(C)C2)c1. The molecule has 1 fully saturated rings. The molecule has 0 amide bonds. The molecule has 1 heteroatoms. The van der Waals surface area contributed by atoms with Crippen molar-refractivity contribution >= 4 is 0 Å². The first-order valence-electron chi connectivity index (χ1n) is 5.81. The molecular weight excluding hydrogens is 184 g/mol. The van der Waals surface area contributed by atoms with Crippen LogP contribution >= 0.6 is 0 Å². The first-order chi connectivity index (χ1) is 7.01. The predicted octanol–water partition coefficient (Wildman–Crippen LogP) is 3.31. The summed E-state index contributed by atoms with van der Waals surface area (Å²) in [4.78, 5) is 0. The molecule has 1 aliphatic rings. The van der Waals surface area contributed by atoms with Gasteiger partial charge >= 0.3 is 0 Å². The molecule has 15 heavy (non-hydrogen) atoms. The Kier molecular flexibility index (Phi) is 2.59. The average molecular weight is 204 g/mol. The van der Waals surface area contributed by atoms with E-state index in [2.05, 4.69) is 39.0 Å². The standard InChI is InChI=1S/C14H20O/c1-10-4-5-12(3)13(8-10)14(15)7-6-11(2)9-14/h4-5,8,11,15H,6-7,9H2,1-3H3. The summed E-state index contributed by atoms with van der Waals surface area (Å²) in [5, 5.41) is 10.6. The van der Waals surface area contributed by atoms with Crippen LogP contribution in [0.1, 0.15) is 42.9 Å². The van der Waals surface area contributed by atoms with Gasteiger partial charge in [0.05, 0.1) is 5.60 Å². The number of hydrogen-bond donors (Lipinski definition) is 1. The maximum absolute atomic E-state index is 10.6. The molecule has 2 unspecified atom stereocenters. The molecule has 0 aromatic heterocycles. The molecule has 1 aliphatic carbocycles. The lowest BCUT2D eigenvalue weighted by Gasteiger charge is -2.25. The average Bonchev–Trinajstić information content (AvgIpc) is 2.52. The summed E-state index contributed by atoms with van der Waals surface area (Å²) < 4.78 is 0. The Morgan fingerprint density at radius 1 is 1.33 bits per heavy atom. The minimum atomic E-state index is -0.560. The van der Waals surface area contributed by atoms with Gasteiger partial charge in [-0.05, 0) is 50.2 Å². The minimum absolute atomic E-state index is 0.560. The van der Waals surface area contributed by atoms with E-state index < -0.39 is 5.60 Å². The normalized spacial score (nSPS) is 30.8. The van der Waals surface area contributed by atoms with Gasteiger partial charge < -0.3 is 5.11 Å². The molecule has 1 nitrogen and oxygen atoms in total. The molecule has 2 rings (SSSR count). The van der Waals surface area contributed by atoms with E-state index in [9.17, 15) is 5.11 Å². The highest BCUT2D eigenvalue weighted by atomic mass is 16.3. The maximum atomic E-state index is 10.6. The Labute approximate surface area is 92.1 Å². The molecule has 0 heterocycles. The summed E-state index contributed by atoms with van der Waals surface area (Å²) in [7, 11) is 0. The van der Waals surface area contributed by atoms with Crippen molar-refractivity contribution in [3.8, 4) is 0 Å². The Morgan fingerprint density at radius 3 is 2.67 bits per heavy atom. The second kappa shape index (κ2) is 3.64. The molecule has 0 saturated heterocycles. The third-order valence-electron chi connectivity index (χ3n) is 3.63. The Bertz CT molecular complexity index is 370. The van der Waals surface area contributed by atoms with Crippen LogP contribution < -0.4 is 0 Å². The van der Waals surface area contributed by atoms with Crippen molar-refractivity contribution in [1.29, 1.82) is 0 Å². The molecule has 1 aromatic rings. The fourth-order valence-electron chi connectivity index (χ4n) is 2.75. The molecule has 0 spiro atoms. The zero-order chi connectivity index (χ0) is 11.1. The third kappa shape index (κ3) is 1.93. The lowest BCUT2D eigenvalue weighted by atomic mass is 9.87. The first-order valence-corrected chi connectivity index (χ1v) is 5.81. The van der Waals surface area contributed by atoms with Crippen molar-refractivity contribution < 1.29 is 5.11 Å². The number of hydrogen-bond acceptors (Lipinski definition) is 1. The summed E-state index contributed by atoms with van der Waals surface area (Å²) >= 11 is 0. The van der Waals surface area contributed by atoms with Gasteiger partial charge in [-0.25, -0.2) is 0 Å². The van der Waals surface area contributed by atoms with Gasteiger partial charge in [-0.1, -0.05) is 30.7 Å². The molecule has 0 bridgehead atoms. The van der Waals surface area contributed by atoms with Gasteiger partial charge in [-0.3, -0.25) is 0 Å². The van der Waals surface area contributed by atoms with Crippen LogP contribution in [0.4, 0.5) is 0 Å². The van der Waals surface area contributed by atoms with Crippen LogP contribution in [0.15, 0.2) is 18.2 Å². The zero-order valence-electron chi connectivity index (χ0n) is 9.88. The summed E-state index contributed by atoms with van der Waals surface area (Å²) in [6.07, 6.45) is 2.97. The van der Waals surface area contributed by atoms with Crippen molar-refractivity contribution in [2.24, 2.45) is 5.92 Å². The van der Waals surface area contributed by atoms with E-state index in [1.54, 1.807) is 0 Å². The van der Waals surface area contributed by atoms with Crippen LogP contribution in [0.3, 0.4) is 0 Å². The van der Waals surface area contributed by atoms with Gasteiger partial charge in [0.25, 0.3) is 0 Å². The zero-order valence-corrected chi connectivity index (χ0v) is 9.88. The Hall–Kier alpha value is -0.820. The van der Waals surface area contributed by atoms with Crippen molar-refractivity contribution in [3.05, 3.63) is 34.9 Å². The minimum Gasteiger partial charge on any atom is -0.385 e. The van der Waals surface area contributed by atoms with Gasteiger partial charge in [0.15, 0.2) is 0 Å². The van der Waals surface area contributed by atoms with Crippen LogP contribution in [0.2, 0.25) is 0 Å². The van der Waals surface area contributed by atoms with Crippen LogP contribution in [0, 0.1) is 19.8 Å². The number of rotatable bonds is 1. The largest absolute Gasteiger partial charge is 0.385 e.